The summed E-state index contributed by atoms with van der Waals surface area (Å²) in [5, 5.41) is 24.6. The molecular weight excluding hydrogens is 516 g/mol. The first-order valence-electron chi connectivity index (χ1n) is 15.4. The lowest BCUT2D eigenvalue weighted by Gasteiger charge is -2.65. The van der Waals surface area contributed by atoms with Crippen LogP contribution in [0.5, 0.6) is 0 Å². The van der Waals surface area contributed by atoms with E-state index in [1.165, 1.54) is 0 Å². The molecule has 0 aromatic heterocycles. The molecule has 0 aromatic rings. The number of fused-ring (bicyclic) bond motifs is 6. The van der Waals surface area contributed by atoms with Crippen molar-refractivity contribution in [1.29, 1.82) is 0 Å². The van der Waals surface area contributed by atoms with Crippen LogP contribution in [0.3, 0.4) is 0 Å². The number of rotatable bonds is 4. The van der Waals surface area contributed by atoms with Gasteiger partial charge in [-0.05, 0) is 88.5 Å². The number of carbonyl (C=O) groups excluding carboxylic acids is 2. The van der Waals surface area contributed by atoms with Crippen molar-refractivity contribution in [3.05, 3.63) is 11.6 Å². The summed E-state index contributed by atoms with van der Waals surface area (Å²) in [6, 6.07) is 0. The zero-order valence-corrected chi connectivity index (χ0v) is 23.9. The molecule has 13 atom stereocenters. The van der Waals surface area contributed by atoms with Crippen LogP contribution in [-0.2, 0) is 33.3 Å². The first-order valence-corrected chi connectivity index (χ1v) is 15.4. The lowest BCUT2D eigenvalue weighted by atomic mass is 9.41. The molecule has 3 heterocycles. The summed E-state index contributed by atoms with van der Waals surface area (Å²) in [6.45, 7) is 6.35. The van der Waals surface area contributed by atoms with Crippen molar-refractivity contribution in [2.45, 2.75) is 133 Å². The van der Waals surface area contributed by atoms with Crippen molar-refractivity contribution in [3.8, 4) is 0 Å². The Balaban J connectivity index is 1.09. The molecule has 4 aliphatic carbocycles. The van der Waals surface area contributed by atoms with Gasteiger partial charge in [0.15, 0.2) is 12.6 Å². The van der Waals surface area contributed by atoms with Gasteiger partial charge in [0.05, 0.1) is 34.9 Å². The number of aliphatic hydroxyl groups is 2. The molecule has 0 radical (unpaired) electrons. The number of carbonyl (C=O) groups is 2. The second-order valence-electron chi connectivity index (χ2n) is 14.1. The first-order chi connectivity index (χ1) is 19.0. The Bertz CT molecular complexity index is 1090. The van der Waals surface area contributed by atoms with Gasteiger partial charge in [0, 0.05) is 24.3 Å². The fraction of sp³-hybridized carbons (Fsp3) is 0.871. The van der Waals surface area contributed by atoms with Gasteiger partial charge in [0.2, 0.25) is 0 Å². The maximum Gasteiger partial charge on any atom is 0.331 e. The van der Waals surface area contributed by atoms with Gasteiger partial charge in [-0.1, -0.05) is 6.92 Å². The smallest absolute Gasteiger partial charge is 0.331 e. The Morgan fingerprint density at radius 2 is 1.80 bits per heavy atom. The number of hydrogen-bond donors (Lipinski definition) is 2. The van der Waals surface area contributed by atoms with Crippen LogP contribution in [0.2, 0.25) is 0 Å². The Morgan fingerprint density at radius 1 is 1.00 bits per heavy atom. The molecule has 9 nitrogen and oxygen atoms in total. The molecule has 2 saturated heterocycles. The molecule has 0 spiro atoms. The highest BCUT2D eigenvalue weighted by molar-refractivity contribution is 5.85. The number of ether oxygens (including phenoxy) is 5. The topological polar surface area (TPSA) is 121 Å². The van der Waals surface area contributed by atoms with Crippen molar-refractivity contribution < 1.29 is 43.5 Å². The maximum atomic E-state index is 13.1. The zero-order chi connectivity index (χ0) is 28.1. The molecular formula is C31H44O9. The van der Waals surface area contributed by atoms with Crippen LogP contribution in [0.15, 0.2) is 11.6 Å². The minimum absolute atomic E-state index is 0.0706. The van der Waals surface area contributed by atoms with E-state index in [0.717, 1.165) is 31.1 Å². The average Bonchev–Trinajstić information content (AvgIpc) is 3.58. The van der Waals surface area contributed by atoms with Crippen LogP contribution in [0, 0.1) is 28.6 Å². The van der Waals surface area contributed by atoms with E-state index in [-0.39, 0.29) is 59.8 Å². The zero-order valence-electron chi connectivity index (χ0n) is 23.9. The molecule has 0 amide bonds. The number of esters is 1. The van der Waals surface area contributed by atoms with Crippen molar-refractivity contribution in [3.63, 3.8) is 0 Å². The lowest BCUT2D eigenvalue weighted by molar-refractivity contribution is -0.278. The van der Waals surface area contributed by atoms with Gasteiger partial charge >= 0.3 is 5.97 Å². The van der Waals surface area contributed by atoms with Crippen molar-refractivity contribution >= 4 is 12.3 Å². The second kappa shape index (κ2) is 9.32. The molecule has 222 valence electrons. The monoisotopic (exact) mass is 560 g/mol. The summed E-state index contributed by atoms with van der Waals surface area (Å²) in [4.78, 5) is 24.9. The molecule has 0 aromatic carbocycles. The third-order valence-electron chi connectivity index (χ3n) is 12.5. The quantitative estimate of drug-likeness (QED) is 0.303. The lowest BCUT2D eigenvalue weighted by Crippen LogP contribution is -2.69. The van der Waals surface area contributed by atoms with Crippen LogP contribution in [0.4, 0.5) is 0 Å². The molecule has 2 N–H and O–H groups in total. The SMILES string of the molecule is CC1OC2CC(OC3CCC4(C=O)C5CCC6(C)C(C7=CC(=O)OC7)CCC6(O)C5CCC4(O)C3)OC(C)C2O1. The number of aldehydes is 1. The first kappa shape index (κ1) is 27.5. The van der Waals surface area contributed by atoms with E-state index in [4.69, 9.17) is 23.7 Å². The third-order valence-corrected chi connectivity index (χ3v) is 12.5. The average molecular weight is 561 g/mol. The largest absolute Gasteiger partial charge is 0.458 e. The van der Waals surface area contributed by atoms with Gasteiger partial charge in [-0.15, -0.1) is 0 Å². The summed E-state index contributed by atoms with van der Waals surface area (Å²) >= 11 is 0. The van der Waals surface area contributed by atoms with Gasteiger partial charge in [0.1, 0.15) is 19.0 Å². The summed E-state index contributed by atoms with van der Waals surface area (Å²) in [7, 11) is 0. The highest BCUT2D eigenvalue weighted by Gasteiger charge is 2.71. The van der Waals surface area contributed by atoms with Gasteiger partial charge in [-0.3, -0.25) is 0 Å². The van der Waals surface area contributed by atoms with E-state index in [2.05, 4.69) is 6.92 Å². The summed E-state index contributed by atoms with van der Waals surface area (Å²) < 4.78 is 29.6. The molecule has 0 bridgehead atoms. The van der Waals surface area contributed by atoms with E-state index < -0.39 is 22.9 Å². The Kier molecular flexibility index (Phi) is 6.40. The van der Waals surface area contributed by atoms with Crippen molar-refractivity contribution in [2.75, 3.05) is 6.61 Å². The number of hydrogen-bond acceptors (Lipinski definition) is 9. The predicted molar refractivity (Wildman–Crippen MR) is 141 cm³/mol. The van der Waals surface area contributed by atoms with Crippen LogP contribution < -0.4 is 0 Å². The molecule has 7 rings (SSSR count). The van der Waals surface area contributed by atoms with Gasteiger partial charge in [0.25, 0.3) is 0 Å². The minimum Gasteiger partial charge on any atom is -0.458 e. The maximum absolute atomic E-state index is 13.1. The predicted octanol–water partition coefficient (Wildman–Crippen LogP) is 3.19. The van der Waals surface area contributed by atoms with Crippen LogP contribution in [0.1, 0.15) is 85.0 Å². The summed E-state index contributed by atoms with van der Waals surface area (Å²) in [5.41, 5.74) is -2.42. The molecule has 40 heavy (non-hydrogen) atoms. The molecule has 7 aliphatic rings. The van der Waals surface area contributed by atoms with Gasteiger partial charge < -0.3 is 38.7 Å². The van der Waals surface area contributed by atoms with Crippen LogP contribution in [0.25, 0.3) is 0 Å². The molecule has 3 aliphatic heterocycles. The Labute approximate surface area is 235 Å². The molecule has 9 heteroatoms. The third kappa shape index (κ3) is 3.73. The molecule has 6 fully saturated rings. The highest BCUT2D eigenvalue weighted by Crippen LogP contribution is 2.70. The fourth-order valence-corrected chi connectivity index (χ4v) is 10.6. The summed E-state index contributed by atoms with van der Waals surface area (Å²) in [5.74, 6) is -0.361. The van der Waals surface area contributed by atoms with Gasteiger partial charge in [-0.25, -0.2) is 4.79 Å². The van der Waals surface area contributed by atoms with E-state index in [9.17, 15) is 19.8 Å². The van der Waals surface area contributed by atoms with E-state index in [1.54, 1.807) is 6.08 Å². The van der Waals surface area contributed by atoms with Crippen LogP contribution in [-0.4, -0.2) is 77.3 Å². The highest BCUT2D eigenvalue weighted by atomic mass is 16.8. The molecule has 4 saturated carbocycles. The van der Waals surface area contributed by atoms with E-state index in [0.29, 0.717) is 51.6 Å². The van der Waals surface area contributed by atoms with E-state index in [1.807, 2.05) is 13.8 Å². The Hall–Kier alpha value is -1.36. The normalized spacial score (nSPS) is 55.5. The van der Waals surface area contributed by atoms with Gasteiger partial charge in [-0.2, -0.15) is 0 Å². The van der Waals surface area contributed by atoms with E-state index >= 15 is 0 Å². The summed E-state index contributed by atoms with van der Waals surface area (Å²) in [6.07, 6.45) is 7.67. The minimum atomic E-state index is -1.18. The fourth-order valence-electron chi connectivity index (χ4n) is 10.6. The molecule has 13 unspecified atom stereocenters. The van der Waals surface area contributed by atoms with Crippen molar-refractivity contribution in [2.24, 2.45) is 28.6 Å². The number of cyclic esters (lactones) is 1. The standard InChI is InChI=1S/C31H44O9/c1-17-27-24(38-18(2)39-27)13-26(37-17)40-20-4-9-29(16-32)22-5-8-28(3)21(19-12-25(33)36-15-19)7-11-31(28,35)23(22)6-10-30(29,34)14-20/h12,16-18,20-24,26-27,34-35H,4-11,13-15H2,1-3H3. The Morgan fingerprint density at radius 3 is 2.55 bits per heavy atom. The van der Waals surface area contributed by atoms with Crippen molar-refractivity contribution in [1.82, 2.24) is 0 Å². The van der Waals surface area contributed by atoms with Crippen LogP contribution >= 0.6 is 0 Å². The second-order valence-corrected chi connectivity index (χ2v) is 14.1.